The third-order valence-electron chi connectivity index (χ3n) is 4.29. The van der Waals surface area contributed by atoms with Crippen molar-refractivity contribution in [3.63, 3.8) is 0 Å². The molecule has 2 aromatic rings. The number of para-hydroxylation sites is 1. The SMILES string of the molecule is O=C(CCN1CCN(c2ccccc2)C1=O)N[CH]Cc1ccc(F)cc1. The minimum absolute atomic E-state index is 0.0701. The predicted octanol–water partition coefficient (Wildman–Crippen LogP) is 2.98. The summed E-state index contributed by atoms with van der Waals surface area (Å²) in [5.41, 5.74) is 1.79. The molecule has 1 saturated heterocycles. The monoisotopic (exact) mass is 354 g/mol. The largest absolute Gasteiger partial charge is 0.351 e. The molecule has 5 nitrogen and oxygen atoms in total. The lowest BCUT2D eigenvalue weighted by atomic mass is 10.1. The lowest BCUT2D eigenvalue weighted by molar-refractivity contribution is -0.120. The highest BCUT2D eigenvalue weighted by Gasteiger charge is 2.29. The molecule has 6 heteroatoms. The van der Waals surface area contributed by atoms with Crippen molar-refractivity contribution in [3.05, 3.63) is 72.5 Å². The van der Waals surface area contributed by atoms with E-state index in [0.717, 1.165) is 11.3 Å². The molecule has 0 aromatic heterocycles. The Morgan fingerprint density at radius 2 is 1.81 bits per heavy atom. The summed E-state index contributed by atoms with van der Waals surface area (Å²) in [6, 6.07) is 15.6. The van der Waals surface area contributed by atoms with Crippen LogP contribution in [0.1, 0.15) is 12.0 Å². The quantitative estimate of drug-likeness (QED) is 0.831. The molecule has 0 unspecified atom stereocenters. The first-order chi connectivity index (χ1) is 12.6. The number of nitrogens with zero attached hydrogens (tertiary/aromatic N) is 2. The second-order valence-electron chi connectivity index (χ2n) is 6.11. The molecule has 0 bridgehead atoms. The van der Waals surface area contributed by atoms with Crippen molar-refractivity contribution in [2.24, 2.45) is 0 Å². The first-order valence-corrected chi connectivity index (χ1v) is 8.60. The van der Waals surface area contributed by atoms with E-state index in [1.54, 1.807) is 28.5 Å². The topological polar surface area (TPSA) is 52.7 Å². The maximum absolute atomic E-state index is 12.8. The van der Waals surface area contributed by atoms with Crippen LogP contribution in [0.25, 0.3) is 0 Å². The van der Waals surface area contributed by atoms with Crippen molar-refractivity contribution >= 4 is 17.6 Å². The Morgan fingerprint density at radius 1 is 1.08 bits per heavy atom. The minimum Gasteiger partial charge on any atom is -0.351 e. The molecular weight excluding hydrogens is 333 g/mol. The number of rotatable bonds is 7. The maximum atomic E-state index is 12.8. The molecule has 2 aromatic carbocycles. The van der Waals surface area contributed by atoms with Gasteiger partial charge in [0.1, 0.15) is 5.82 Å². The Kier molecular flexibility index (Phi) is 5.84. The highest BCUT2D eigenvalue weighted by molar-refractivity contribution is 5.94. The van der Waals surface area contributed by atoms with E-state index in [1.807, 2.05) is 30.3 Å². The molecule has 1 fully saturated rings. The Morgan fingerprint density at radius 3 is 2.54 bits per heavy atom. The van der Waals surface area contributed by atoms with Gasteiger partial charge >= 0.3 is 6.03 Å². The van der Waals surface area contributed by atoms with Gasteiger partial charge in [-0.15, -0.1) is 0 Å². The second kappa shape index (κ2) is 8.47. The summed E-state index contributed by atoms with van der Waals surface area (Å²) in [4.78, 5) is 27.8. The zero-order valence-electron chi connectivity index (χ0n) is 14.4. The molecule has 1 N–H and O–H groups in total. The summed E-state index contributed by atoms with van der Waals surface area (Å²) in [7, 11) is 0. The first-order valence-electron chi connectivity index (χ1n) is 8.60. The van der Waals surface area contributed by atoms with E-state index in [4.69, 9.17) is 0 Å². The summed E-state index contributed by atoms with van der Waals surface area (Å²) in [5.74, 6) is -0.421. The van der Waals surface area contributed by atoms with Gasteiger partial charge in [-0.05, 0) is 36.2 Å². The van der Waals surface area contributed by atoms with Gasteiger partial charge in [0.25, 0.3) is 0 Å². The molecule has 3 amide bonds. The van der Waals surface area contributed by atoms with Crippen LogP contribution >= 0.6 is 0 Å². The molecule has 135 valence electrons. The molecular formula is C20H21FN3O2. The third kappa shape index (κ3) is 4.59. The molecule has 1 aliphatic heterocycles. The van der Waals surface area contributed by atoms with E-state index in [9.17, 15) is 14.0 Å². The lowest BCUT2D eigenvalue weighted by Crippen LogP contribution is -2.34. The van der Waals surface area contributed by atoms with Crippen LogP contribution in [0.2, 0.25) is 0 Å². The van der Waals surface area contributed by atoms with Crippen LogP contribution in [-0.2, 0) is 11.2 Å². The van der Waals surface area contributed by atoms with Crippen LogP contribution in [0.15, 0.2) is 54.6 Å². The number of nitrogens with one attached hydrogen (secondary N) is 1. The molecule has 0 aliphatic carbocycles. The van der Waals surface area contributed by atoms with Crippen LogP contribution in [0.5, 0.6) is 0 Å². The fraction of sp³-hybridized carbons (Fsp3) is 0.250. The smallest absolute Gasteiger partial charge is 0.324 e. The molecule has 0 atom stereocenters. The number of carbonyl (C=O) groups excluding carboxylic acids is 2. The van der Waals surface area contributed by atoms with Crippen molar-refractivity contribution in [1.82, 2.24) is 10.2 Å². The number of hydrogen-bond donors (Lipinski definition) is 1. The molecule has 0 saturated carbocycles. The maximum Gasteiger partial charge on any atom is 0.324 e. The average molecular weight is 354 g/mol. The molecule has 1 aliphatic rings. The predicted molar refractivity (Wildman–Crippen MR) is 97.9 cm³/mol. The molecule has 0 spiro atoms. The number of hydrogen-bond acceptors (Lipinski definition) is 2. The van der Waals surface area contributed by atoms with E-state index in [0.29, 0.717) is 26.1 Å². The Balaban J connectivity index is 1.39. The summed E-state index contributed by atoms with van der Waals surface area (Å²) < 4.78 is 12.8. The van der Waals surface area contributed by atoms with Crippen molar-refractivity contribution in [3.8, 4) is 0 Å². The average Bonchev–Trinajstić information content (AvgIpc) is 3.03. The summed E-state index contributed by atoms with van der Waals surface area (Å²) in [6.45, 7) is 3.28. The standard InChI is InChI=1S/C20H21FN3O2/c21-17-8-6-16(7-9-17)10-12-22-19(25)11-13-23-14-15-24(20(23)26)18-4-2-1-3-5-18/h1-9,12H,10-11,13-15H2,(H,22,25). The highest BCUT2D eigenvalue weighted by Crippen LogP contribution is 2.19. The second-order valence-corrected chi connectivity index (χ2v) is 6.11. The molecule has 26 heavy (non-hydrogen) atoms. The zero-order valence-corrected chi connectivity index (χ0v) is 14.4. The van der Waals surface area contributed by atoms with Gasteiger partial charge in [-0.3, -0.25) is 9.69 Å². The normalized spacial score (nSPS) is 14.0. The van der Waals surface area contributed by atoms with Gasteiger partial charge in [-0.2, -0.15) is 0 Å². The van der Waals surface area contributed by atoms with Gasteiger partial charge in [0, 0.05) is 31.7 Å². The summed E-state index contributed by atoms with van der Waals surface area (Å²) in [5, 5.41) is 2.72. The number of amides is 3. The Labute approximate surface area is 152 Å². The van der Waals surface area contributed by atoms with Gasteiger partial charge < -0.3 is 10.2 Å². The van der Waals surface area contributed by atoms with Gasteiger partial charge in [-0.1, -0.05) is 30.3 Å². The summed E-state index contributed by atoms with van der Waals surface area (Å²) >= 11 is 0. The van der Waals surface area contributed by atoms with Crippen LogP contribution < -0.4 is 10.2 Å². The fourth-order valence-corrected chi connectivity index (χ4v) is 2.85. The van der Waals surface area contributed by atoms with E-state index in [-0.39, 0.29) is 24.2 Å². The van der Waals surface area contributed by atoms with E-state index >= 15 is 0 Å². The molecule has 3 rings (SSSR count). The first kappa shape index (κ1) is 17.9. The van der Waals surface area contributed by atoms with Crippen LogP contribution in [-0.4, -0.2) is 36.5 Å². The van der Waals surface area contributed by atoms with Gasteiger partial charge in [-0.25, -0.2) is 9.18 Å². The van der Waals surface area contributed by atoms with Crippen molar-refractivity contribution in [1.29, 1.82) is 0 Å². The van der Waals surface area contributed by atoms with Crippen LogP contribution in [0.3, 0.4) is 0 Å². The molecule has 1 heterocycles. The van der Waals surface area contributed by atoms with Crippen LogP contribution in [0.4, 0.5) is 14.9 Å². The van der Waals surface area contributed by atoms with Crippen molar-refractivity contribution < 1.29 is 14.0 Å². The number of urea groups is 1. The Hall–Kier alpha value is -2.89. The third-order valence-corrected chi connectivity index (χ3v) is 4.29. The number of anilines is 1. The van der Waals surface area contributed by atoms with Gasteiger partial charge in [0.05, 0.1) is 6.54 Å². The van der Waals surface area contributed by atoms with Gasteiger partial charge in [0.2, 0.25) is 5.91 Å². The number of carbonyl (C=O) groups is 2. The Bertz CT molecular complexity index is 749. The number of halogens is 1. The molecule has 1 radical (unpaired) electrons. The zero-order chi connectivity index (χ0) is 18.4. The van der Waals surface area contributed by atoms with E-state index < -0.39 is 0 Å². The van der Waals surface area contributed by atoms with Crippen molar-refractivity contribution in [2.45, 2.75) is 12.8 Å². The number of benzene rings is 2. The highest BCUT2D eigenvalue weighted by atomic mass is 19.1. The fourth-order valence-electron chi connectivity index (χ4n) is 2.85. The summed E-state index contributed by atoms with van der Waals surface area (Å²) in [6.07, 6.45) is 0.769. The van der Waals surface area contributed by atoms with Crippen molar-refractivity contribution in [2.75, 3.05) is 24.5 Å². The van der Waals surface area contributed by atoms with Gasteiger partial charge in [0.15, 0.2) is 0 Å². The van der Waals surface area contributed by atoms with Crippen LogP contribution in [0, 0.1) is 12.4 Å². The lowest BCUT2D eigenvalue weighted by Gasteiger charge is -2.18. The van der Waals surface area contributed by atoms with E-state index in [1.165, 1.54) is 12.1 Å². The van der Waals surface area contributed by atoms with E-state index in [2.05, 4.69) is 5.32 Å². The minimum atomic E-state index is -0.280.